The van der Waals surface area contributed by atoms with Crippen LogP contribution in [0.5, 0.6) is 0 Å². The van der Waals surface area contributed by atoms with Crippen molar-refractivity contribution in [3.63, 3.8) is 0 Å². The van der Waals surface area contributed by atoms with Gasteiger partial charge >= 0.3 is 0 Å². The smallest absolute Gasteiger partial charge is 0.237 e. The molecular formula is C15H16N4OS. The number of amides is 1. The van der Waals surface area contributed by atoms with E-state index in [0.29, 0.717) is 16.7 Å². The van der Waals surface area contributed by atoms with Gasteiger partial charge in [0.15, 0.2) is 5.16 Å². The number of hydrogen-bond donors (Lipinski definition) is 1. The van der Waals surface area contributed by atoms with Gasteiger partial charge in [0.2, 0.25) is 5.91 Å². The third-order valence-electron chi connectivity index (χ3n) is 3.37. The largest absolute Gasteiger partial charge is 0.384 e. The zero-order valence-corrected chi connectivity index (χ0v) is 12.6. The highest BCUT2D eigenvalue weighted by atomic mass is 32.2. The minimum atomic E-state index is 0.0774. The summed E-state index contributed by atoms with van der Waals surface area (Å²) in [4.78, 5) is 22.6. The number of para-hydroxylation sites is 1. The predicted octanol–water partition coefficient (Wildman–Crippen LogP) is 2.05. The molecule has 0 aliphatic carbocycles. The van der Waals surface area contributed by atoms with Gasteiger partial charge in [0.25, 0.3) is 0 Å². The molecular weight excluding hydrogens is 284 g/mol. The first-order valence-electron chi connectivity index (χ1n) is 6.76. The van der Waals surface area contributed by atoms with E-state index in [0.717, 1.165) is 24.3 Å². The number of aromatic nitrogens is 2. The van der Waals surface area contributed by atoms with E-state index in [4.69, 9.17) is 5.73 Å². The van der Waals surface area contributed by atoms with Gasteiger partial charge in [-0.05, 0) is 25.0 Å². The van der Waals surface area contributed by atoms with Crippen molar-refractivity contribution in [3.05, 3.63) is 41.6 Å². The summed E-state index contributed by atoms with van der Waals surface area (Å²) in [6, 6.07) is 9.74. The molecule has 0 saturated heterocycles. The maximum absolute atomic E-state index is 12.4. The number of rotatable bonds is 3. The van der Waals surface area contributed by atoms with Gasteiger partial charge in [-0.1, -0.05) is 30.0 Å². The molecule has 0 atom stereocenters. The summed E-state index contributed by atoms with van der Waals surface area (Å²) in [6.45, 7) is 2.61. The van der Waals surface area contributed by atoms with Crippen LogP contribution in [0.15, 0.2) is 35.5 Å². The summed E-state index contributed by atoms with van der Waals surface area (Å²) < 4.78 is 0. The van der Waals surface area contributed by atoms with E-state index in [-0.39, 0.29) is 5.91 Å². The summed E-state index contributed by atoms with van der Waals surface area (Å²) in [7, 11) is 0. The van der Waals surface area contributed by atoms with Gasteiger partial charge in [-0.2, -0.15) is 0 Å². The summed E-state index contributed by atoms with van der Waals surface area (Å²) in [5.74, 6) is 0.828. The summed E-state index contributed by atoms with van der Waals surface area (Å²) >= 11 is 1.32. The molecule has 1 aromatic carbocycles. The van der Waals surface area contributed by atoms with Gasteiger partial charge in [-0.3, -0.25) is 4.79 Å². The molecule has 1 aliphatic heterocycles. The number of nitrogen functional groups attached to an aromatic ring is 1. The Bertz CT molecular complexity index is 669. The lowest BCUT2D eigenvalue weighted by molar-refractivity contribution is -0.116. The van der Waals surface area contributed by atoms with Crippen molar-refractivity contribution in [2.75, 3.05) is 22.9 Å². The number of anilines is 2. The van der Waals surface area contributed by atoms with E-state index in [2.05, 4.69) is 16.0 Å². The van der Waals surface area contributed by atoms with Crippen molar-refractivity contribution in [2.24, 2.45) is 0 Å². The minimum absolute atomic E-state index is 0.0774. The Labute approximate surface area is 127 Å². The molecule has 1 aliphatic rings. The molecule has 0 spiro atoms. The lowest BCUT2D eigenvalue weighted by atomic mass is 10.2. The van der Waals surface area contributed by atoms with Gasteiger partial charge in [-0.25, -0.2) is 9.97 Å². The first-order valence-corrected chi connectivity index (χ1v) is 7.74. The SMILES string of the molecule is Cc1cc(N)nc(SCC(=O)N2CCc3ccccc32)n1. The highest BCUT2D eigenvalue weighted by Crippen LogP contribution is 2.28. The fourth-order valence-electron chi connectivity index (χ4n) is 2.43. The summed E-state index contributed by atoms with van der Waals surface area (Å²) in [5, 5.41) is 0.549. The normalized spacial score (nSPS) is 13.3. The molecule has 1 amide bonds. The van der Waals surface area contributed by atoms with Crippen LogP contribution in [0.25, 0.3) is 0 Å². The number of carbonyl (C=O) groups excluding carboxylic acids is 1. The van der Waals surface area contributed by atoms with Crippen LogP contribution in [-0.4, -0.2) is 28.2 Å². The number of nitrogens with two attached hydrogens (primary N) is 1. The molecule has 6 heteroatoms. The van der Waals surface area contributed by atoms with Gasteiger partial charge in [0.05, 0.1) is 5.75 Å². The molecule has 3 rings (SSSR count). The van der Waals surface area contributed by atoms with Gasteiger partial charge in [0, 0.05) is 24.0 Å². The number of aryl methyl sites for hydroxylation is 1. The van der Waals surface area contributed by atoms with Crippen molar-refractivity contribution in [1.29, 1.82) is 0 Å². The number of fused-ring (bicyclic) bond motifs is 1. The predicted molar refractivity (Wildman–Crippen MR) is 84.4 cm³/mol. The number of hydrogen-bond acceptors (Lipinski definition) is 5. The van der Waals surface area contributed by atoms with Crippen molar-refractivity contribution in [3.8, 4) is 0 Å². The molecule has 2 heterocycles. The highest BCUT2D eigenvalue weighted by Gasteiger charge is 2.24. The van der Waals surface area contributed by atoms with Crippen LogP contribution in [0.2, 0.25) is 0 Å². The van der Waals surface area contributed by atoms with Crippen LogP contribution in [0.3, 0.4) is 0 Å². The number of nitrogens with zero attached hydrogens (tertiary/aromatic N) is 3. The molecule has 1 aromatic heterocycles. The Kier molecular flexibility index (Phi) is 3.79. The summed E-state index contributed by atoms with van der Waals surface area (Å²) in [5.41, 5.74) is 8.75. The third-order valence-corrected chi connectivity index (χ3v) is 4.20. The Morgan fingerprint density at radius 3 is 3.00 bits per heavy atom. The van der Waals surface area contributed by atoms with Crippen molar-refractivity contribution >= 4 is 29.2 Å². The fraction of sp³-hybridized carbons (Fsp3) is 0.267. The zero-order valence-electron chi connectivity index (χ0n) is 11.7. The molecule has 0 saturated carbocycles. The molecule has 2 N–H and O–H groups in total. The van der Waals surface area contributed by atoms with Gasteiger partial charge in [-0.15, -0.1) is 0 Å². The first-order chi connectivity index (χ1) is 10.1. The average molecular weight is 300 g/mol. The van der Waals surface area contributed by atoms with E-state index < -0.39 is 0 Å². The van der Waals surface area contributed by atoms with Crippen LogP contribution < -0.4 is 10.6 Å². The second kappa shape index (κ2) is 5.73. The van der Waals surface area contributed by atoms with Gasteiger partial charge in [0.1, 0.15) is 5.82 Å². The molecule has 5 nitrogen and oxygen atoms in total. The molecule has 21 heavy (non-hydrogen) atoms. The maximum atomic E-state index is 12.4. The number of carbonyl (C=O) groups is 1. The number of benzene rings is 1. The Morgan fingerprint density at radius 1 is 1.38 bits per heavy atom. The molecule has 108 valence electrons. The van der Waals surface area contributed by atoms with E-state index in [9.17, 15) is 4.79 Å². The zero-order chi connectivity index (χ0) is 14.8. The lowest BCUT2D eigenvalue weighted by Crippen LogP contribution is -2.30. The average Bonchev–Trinajstić information content (AvgIpc) is 2.88. The Morgan fingerprint density at radius 2 is 2.19 bits per heavy atom. The quantitative estimate of drug-likeness (QED) is 0.694. The topological polar surface area (TPSA) is 72.1 Å². The third kappa shape index (κ3) is 3.00. The van der Waals surface area contributed by atoms with Crippen LogP contribution in [0.1, 0.15) is 11.3 Å². The number of thioether (sulfide) groups is 1. The van der Waals surface area contributed by atoms with E-state index in [1.807, 2.05) is 30.0 Å². The van der Waals surface area contributed by atoms with Crippen LogP contribution >= 0.6 is 11.8 Å². The second-order valence-corrected chi connectivity index (χ2v) is 5.87. The van der Waals surface area contributed by atoms with Crippen molar-refractivity contribution < 1.29 is 4.79 Å². The van der Waals surface area contributed by atoms with Crippen molar-refractivity contribution in [1.82, 2.24) is 9.97 Å². The highest BCUT2D eigenvalue weighted by molar-refractivity contribution is 7.99. The van der Waals surface area contributed by atoms with Crippen LogP contribution in [0.4, 0.5) is 11.5 Å². The standard InChI is InChI=1S/C15H16N4OS/c1-10-8-13(16)18-15(17-10)21-9-14(20)19-7-6-11-4-2-3-5-12(11)19/h2-5,8H,6-7,9H2,1H3,(H2,16,17,18). The molecule has 0 bridgehead atoms. The Balaban J connectivity index is 1.68. The Hall–Kier alpha value is -2.08. The molecule has 2 aromatic rings. The lowest BCUT2D eigenvalue weighted by Gasteiger charge is -2.16. The second-order valence-electron chi connectivity index (χ2n) is 4.93. The van der Waals surface area contributed by atoms with Gasteiger partial charge < -0.3 is 10.6 Å². The first kappa shape index (κ1) is 13.9. The van der Waals surface area contributed by atoms with E-state index in [1.54, 1.807) is 6.07 Å². The fourth-order valence-corrected chi connectivity index (χ4v) is 3.22. The van der Waals surface area contributed by atoms with Crippen LogP contribution in [0, 0.1) is 6.92 Å². The van der Waals surface area contributed by atoms with E-state index >= 15 is 0 Å². The molecule has 0 unspecified atom stereocenters. The maximum Gasteiger partial charge on any atom is 0.237 e. The summed E-state index contributed by atoms with van der Waals surface area (Å²) in [6.07, 6.45) is 0.917. The van der Waals surface area contributed by atoms with Crippen molar-refractivity contribution in [2.45, 2.75) is 18.5 Å². The molecule has 0 fully saturated rings. The molecule has 0 radical (unpaired) electrons. The van der Waals surface area contributed by atoms with Crippen LogP contribution in [-0.2, 0) is 11.2 Å². The minimum Gasteiger partial charge on any atom is -0.384 e. The van der Waals surface area contributed by atoms with E-state index in [1.165, 1.54) is 17.3 Å². The monoisotopic (exact) mass is 300 g/mol.